The zero-order chi connectivity index (χ0) is 13.8. The molecule has 0 aromatic heterocycles. The molecule has 3 heteroatoms. The van der Waals surface area contributed by atoms with Crippen molar-refractivity contribution >= 4 is 12.0 Å². The van der Waals surface area contributed by atoms with Gasteiger partial charge in [-0.15, -0.1) is 0 Å². The minimum atomic E-state index is -0.378. The van der Waals surface area contributed by atoms with Crippen LogP contribution in [-0.2, 0) is 14.9 Å². The normalized spacial score (nSPS) is 11.6. The predicted octanol–water partition coefficient (Wildman–Crippen LogP) is 3.18. The Labute approximate surface area is 108 Å². The first-order valence-corrected chi connectivity index (χ1v) is 5.83. The van der Waals surface area contributed by atoms with Gasteiger partial charge in [-0.2, -0.15) is 0 Å². The van der Waals surface area contributed by atoms with Gasteiger partial charge in [0, 0.05) is 11.6 Å². The molecule has 0 aliphatic rings. The fourth-order valence-corrected chi connectivity index (χ4v) is 1.54. The maximum atomic E-state index is 11.1. The van der Waals surface area contributed by atoms with Crippen molar-refractivity contribution < 1.29 is 14.3 Å². The summed E-state index contributed by atoms with van der Waals surface area (Å²) >= 11 is 0. The van der Waals surface area contributed by atoms with Crippen LogP contribution in [0.5, 0.6) is 5.75 Å². The number of methoxy groups -OCH3 is 2. The van der Waals surface area contributed by atoms with Crippen LogP contribution in [0, 0.1) is 0 Å². The van der Waals surface area contributed by atoms with Crippen molar-refractivity contribution in [1.82, 2.24) is 0 Å². The third-order valence-electron chi connectivity index (χ3n) is 2.70. The number of rotatable bonds is 3. The number of carbonyl (C=O) groups excluding carboxylic acids is 1. The molecule has 3 nitrogen and oxygen atoms in total. The molecule has 18 heavy (non-hydrogen) atoms. The molecule has 0 spiro atoms. The minimum absolute atomic E-state index is 0.0673. The Balaban J connectivity index is 3.08. The monoisotopic (exact) mass is 248 g/mol. The largest absolute Gasteiger partial charge is 0.496 e. The Morgan fingerprint density at radius 1 is 1.22 bits per heavy atom. The molecule has 98 valence electrons. The molecule has 0 aliphatic heterocycles. The molecule has 0 heterocycles. The zero-order valence-electron chi connectivity index (χ0n) is 11.6. The van der Waals surface area contributed by atoms with E-state index in [-0.39, 0.29) is 11.4 Å². The molecule has 0 fully saturated rings. The number of ether oxygens (including phenoxy) is 2. The number of hydrogen-bond acceptors (Lipinski definition) is 3. The lowest BCUT2D eigenvalue weighted by Gasteiger charge is -2.20. The van der Waals surface area contributed by atoms with E-state index in [1.165, 1.54) is 18.7 Å². The van der Waals surface area contributed by atoms with E-state index in [4.69, 9.17) is 4.74 Å². The highest BCUT2D eigenvalue weighted by molar-refractivity contribution is 5.87. The Kier molecular flexibility index (Phi) is 4.54. The van der Waals surface area contributed by atoms with Crippen LogP contribution < -0.4 is 4.74 Å². The highest BCUT2D eigenvalue weighted by Crippen LogP contribution is 2.29. The van der Waals surface area contributed by atoms with E-state index >= 15 is 0 Å². The lowest BCUT2D eigenvalue weighted by atomic mass is 9.86. The van der Waals surface area contributed by atoms with E-state index in [0.717, 1.165) is 11.3 Å². The van der Waals surface area contributed by atoms with Gasteiger partial charge in [0.15, 0.2) is 0 Å². The van der Waals surface area contributed by atoms with E-state index in [1.807, 2.05) is 18.2 Å². The first-order valence-electron chi connectivity index (χ1n) is 5.83. The molecule has 0 bridgehead atoms. The molecule has 0 N–H and O–H groups in total. The van der Waals surface area contributed by atoms with Crippen LogP contribution in [-0.4, -0.2) is 20.2 Å². The first-order chi connectivity index (χ1) is 8.38. The third kappa shape index (κ3) is 3.62. The zero-order valence-corrected chi connectivity index (χ0v) is 11.6. The summed E-state index contributed by atoms with van der Waals surface area (Å²) in [7, 11) is 2.98. The van der Waals surface area contributed by atoms with Crippen molar-refractivity contribution in [1.29, 1.82) is 0 Å². The molecule has 1 aromatic carbocycles. The predicted molar refractivity (Wildman–Crippen MR) is 72.7 cm³/mol. The number of benzene rings is 1. The van der Waals surface area contributed by atoms with E-state index in [0.29, 0.717) is 0 Å². The summed E-state index contributed by atoms with van der Waals surface area (Å²) in [6.45, 7) is 6.43. The summed E-state index contributed by atoms with van der Waals surface area (Å²) in [6.07, 6.45) is 3.08. The summed E-state index contributed by atoms with van der Waals surface area (Å²) in [6, 6.07) is 5.98. The number of hydrogen-bond donors (Lipinski definition) is 0. The average molecular weight is 248 g/mol. The molecule has 1 aromatic rings. The smallest absolute Gasteiger partial charge is 0.330 e. The molecule has 1 rings (SSSR count). The van der Waals surface area contributed by atoms with E-state index in [1.54, 1.807) is 13.2 Å². The van der Waals surface area contributed by atoms with Crippen LogP contribution in [0.2, 0.25) is 0 Å². The summed E-state index contributed by atoms with van der Waals surface area (Å²) in [4.78, 5) is 11.1. The van der Waals surface area contributed by atoms with Gasteiger partial charge in [0.1, 0.15) is 5.75 Å². The topological polar surface area (TPSA) is 35.5 Å². The Bertz CT molecular complexity index is 453. The second kappa shape index (κ2) is 5.71. The lowest BCUT2D eigenvalue weighted by molar-refractivity contribution is -0.134. The molecular formula is C15H20O3. The Hall–Kier alpha value is -1.77. The fraction of sp³-hybridized carbons (Fsp3) is 0.400. The van der Waals surface area contributed by atoms with Gasteiger partial charge in [0.2, 0.25) is 0 Å². The molecule has 0 amide bonds. The first kappa shape index (κ1) is 14.3. The van der Waals surface area contributed by atoms with Crippen molar-refractivity contribution in [3.8, 4) is 5.75 Å². The molecule has 0 unspecified atom stereocenters. The van der Waals surface area contributed by atoms with Gasteiger partial charge < -0.3 is 9.47 Å². The molecule has 0 saturated heterocycles. The molecule has 0 atom stereocenters. The van der Waals surface area contributed by atoms with E-state index in [9.17, 15) is 4.79 Å². The summed E-state index contributed by atoms with van der Waals surface area (Å²) in [5.74, 6) is 0.375. The summed E-state index contributed by atoms with van der Waals surface area (Å²) < 4.78 is 9.90. The van der Waals surface area contributed by atoms with Crippen LogP contribution in [0.3, 0.4) is 0 Å². The van der Waals surface area contributed by atoms with Gasteiger partial charge in [0.05, 0.1) is 14.2 Å². The minimum Gasteiger partial charge on any atom is -0.496 e. The standard InChI is InChI=1S/C15H20O3/c1-15(2,3)12-8-6-11(13(10-12)17-4)7-9-14(16)18-5/h6-10H,1-5H3. The Morgan fingerprint density at radius 2 is 1.89 bits per heavy atom. The summed E-state index contributed by atoms with van der Waals surface area (Å²) in [5.41, 5.74) is 2.11. The maximum absolute atomic E-state index is 11.1. The van der Waals surface area contributed by atoms with Gasteiger partial charge in [-0.1, -0.05) is 32.9 Å². The highest BCUT2D eigenvalue weighted by Gasteiger charge is 2.15. The SMILES string of the molecule is COC(=O)C=Cc1ccc(C(C)(C)C)cc1OC. The highest BCUT2D eigenvalue weighted by atomic mass is 16.5. The van der Waals surface area contributed by atoms with E-state index in [2.05, 4.69) is 25.5 Å². The van der Waals surface area contributed by atoms with Crippen molar-refractivity contribution in [2.75, 3.05) is 14.2 Å². The molecule has 0 aliphatic carbocycles. The second-order valence-corrected chi connectivity index (χ2v) is 5.06. The lowest BCUT2D eigenvalue weighted by Crippen LogP contribution is -2.11. The average Bonchev–Trinajstić information content (AvgIpc) is 2.34. The maximum Gasteiger partial charge on any atom is 0.330 e. The quantitative estimate of drug-likeness (QED) is 0.609. The second-order valence-electron chi connectivity index (χ2n) is 5.06. The van der Waals surface area contributed by atoms with Gasteiger partial charge in [-0.05, 0) is 23.1 Å². The Morgan fingerprint density at radius 3 is 2.39 bits per heavy atom. The van der Waals surface area contributed by atoms with Gasteiger partial charge in [-0.25, -0.2) is 4.79 Å². The number of esters is 1. The van der Waals surface area contributed by atoms with Crippen LogP contribution >= 0.6 is 0 Å². The van der Waals surface area contributed by atoms with Crippen LogP contribution in [0.4, 0.5) is 0 Å². The van der Waals surface area contributed by atoms with Gasteiger partial charge in [0.25, 0.3) is 0 Å². The third-order valence-corrected chi connectivity index (χ3v) is 2.70. The number of carbonyl (C=O) groups is 1. The van der Waals surface area contributed by atoms with Crippen LogP contribution in [0.15, 0.2) is 24.3 Å². The molecular weight excluding hydrogens is 228 g/mol. The van der Waals surface area contributed by atoms with Crippen molar-refractivity contribution in [2.45, 2.75) is 26.2 Å². The molecule has 0 radical (unpaired) electrons. The van der Waals surface area contributed by atoms with Crippen molar-refractivity contribution in [2.24, 2.45) is 0 Å². The summed E-state index contributed by atoms with van der Waals surface area (Å²) in [5, 5.41) is 0. The van der Waals surface area contributed by atoms with Gasteiger partial charge in [-0.3, -0.25) is 0 Å². The van der Waals surface area contributed by atoms with E-state index < -0.39 is 0 Å². The van der Waals surface area contributed by atoms with Gasteiger partial charge >= 0.3 is 5.97 Å². The van der Waals surface area contributed by atoms with Crippen LogP contribution in [0.25, 0.3) is 6.08 Å². The van der Waals surface area contributed by atoms with Crippen LogP contribution in [0.1, 0.15) is 31.9 Å². The molecule has 0 saturated carbocycles. The van der Waals surface area contributed by atoms with Crippen molar-refractivity contribution in [3.63, 3.8) is 0 Å². The fourth-order valence-electron chi connectivity index (χ4n) is 1.54. The van der Waals surface area contributed by atoms with Crippen molar-refractivity contribution in [3.05, 3.63) is 35.4 Å².